The molecule has 1 aromatic carbocycles. The molecule has 0 bridgehead atoms. The van der Waals surface area contributed by atoms with Gasteiger partial charge in [0, 0.05) is 11.8 Å². The number of alkyl halides is 3. The lowest BCUT2D eigenvalue weighted by Gasteiger charge is -2.09. The van der Waals surface area contributed by atoms with Crippen LogP contribution >= 0.6 is 0 Å². The fourth-order valence-corrected chi connectivity index (χ4v) is 2.74. The fraction of sp³-hybridized carbons (Fsp3) is 0.214. The molecule has 0 atom stereocenters. The fourth-order valence-electron chi connectivity index (χ4n) is 1.81. The van der Waals surface area contributed by atoms with Crippen LogP contribution < -0.4 is 0 Å². The summed E-state index contributed by atoms with van der Waals surface area (Å²) in [5, 5.41) is 0. The van der Waals surface area contributed by atoms with Gasteiger partial charge in [-0.1, -0.05) is 19.1 Å². The van der Waals surface area contributed by atoms with Crippen LogP contribution in [0.15, 0.2) is 41.4 Å². The standard InChI is InChI=1S/C14H11F4NO2S/c1-2-22(20,21)12-7-10(8-19-13(12)15)9-3-5-11(6-4-9)14(16,17)18/h3-8H,2H2,1H3. The number of halogens is 4. The van der Waals surface area contributed by atoms with Crippen LogP contribution in [0.2, 0.25) is 0 Å². The Bertz CT molecular complexity index is 783. The number of aromatic nitrogens is 1. The van der Waals surface area contributed by atoms with E-state index in [-0.39, 0.29) is 11.3 Å². The number of hydrogen-bond acceptors (Lipinski definition) is 3. The third-order valence-corrected chi connectivity index (χ3v) is 4.78. The number of hydrogen-bond donors (Lipinski definition) is 0. The minimum atomic E-state index is -4.46. The van der Waals surface area contributed by atoms with Gasteiger partial charge in [0.1, 0.15) is 4.90 Å². The second kappa shape index (κ2) is 5.68. The summed E-state index contributed by atoms with van der Waals surface area (Å²) >= 11 is 0. The molecule has 0 amide bonds. The zero-order chi connectivity index (χ0) is 16.5. The Balaban J connectivity index is 2.48. The van der Waals surface area contributed by atoms with E-state index >= 15 is 0 Å². The zero-order valence-electron chi connectivity index (χ0n) is 11.4. The van der Waals surface area contributed by atoms with Crippen LogP contribution in [0.25, 0.3) is 11.1 Å². The highest BCUT2D eigenvalue weighted by Gasteiger charge is 2.30. The van der Waals surface area contributed by atoms with Crippen molar-refractivity contribution in [2.24, 2.45) is 0 Å². The third-order valence-electron chi connectivity index (χ3n) is 3.07. The van der Waals surface area contributed by atoms with Gasteiger partial charge >= 0.3 is 6.18 Å². The van der Waals surface area contributed by atoms with Gasteiger partial charge in [0.15, 0.2) is 9.84 Å². The van der Waals surface area contributed by atoms with E-state index < -0.39 is 32.4 Å². The quantitative estimate of drug-likeness (QED) is 0.636. The van der Waals surface area contributed by atoms with Crippen molar-refractivity contribution in [3.8, 4) is 11.1 Å². The van der Waals surface area contributed by atoms with E-state index in [0.717, 1.165) is 24.4 Å². The molecule has 0 radical (unpaired) electrons. The molecule has 0 fully saturated rings. The minimum absolute atomic E-state index is 0.224. The topological polar surface area (TPSA) is 47.0 Å². The summed E-state index contributed by atoms with van der Waals surface area (Å²) in [6.45, 7) is 1.36. The molecule has 1 heterocycles. The van der Waals surface area contributed by atoms with Gasteiger partial charge in [-0.25, -0.2) is 13.4 Å². The van der Waals surface area contributed by atoms with Crippen LogP contribution in [0.1, 0.15) is 12.5 Å². The van der Waals surface area contributed by atoms with E-state index in [1.807, 2.05) is 0 Å². The van der Waals surface area contributed by atoms with Crippen molar-refractivity contribution in [2.75, 3.05) is 5.75 Å². The number of nitrogens with zero attached hydrogens (tertiary/aromatic N) is 1. The molecule has 0 N–H and O–H groups in total. The van der Waals surface area contributed by atoms with Gasteiger partial charge in [-0.15, -0.1) is 0 Å². The molecule has 22 heavy (non-hydrogen) atoms. The van der Waals surface area contributed by atoms with Gasteiger partial charge in [0.05, 0.1) is 11.3 Å². The maximum absolute atomic E-state index is 13.5. The number of sulfone groups is 1. The largest absolute Gasteiger partial charge is 0.416 e. The number of pyridine rings is 1. The highest BCUT2D eigenvalue weighted by atomic mass is 32.2. The Morgan fingerprint density at radius 2 is 1.68 bits per heavy atom. The second-order valence-corrected chi connectivity index (χ2v) is 6.74. The Kier molecular flexibility index (Phi) is 4.23. The average Bonchev–Trinajstić information content (AvgIpc) is 2.47. The molecule has 0 spiro atoms. The molecule has 3 nitrogen and oxygen atoms in total. The maximum atomic E-state index is 13.5. The summed E-state index contributed by atoms with van der Waals surface area (Å²) < 4.78 is 74.6. The summed E-state index contributed by atoms with van der Waals surface area (Å²) in [6, 6.07) is 5.17. The lowest BCUT2D eigenvalue weighted by molar-refractivity contribution is -0.137. The van der Waals surface area contributed by atoms with E-state index in [2.05, 4.69) is 4.98 Å². The Hall–Kier alpha value is -1.96. The smallest absolute Gasteiger partial charge is 0.227 e. The highest BCUT2D eigenvalue weighted by Crippen LogP contribution is 2.31. The second-order valence-electron chi connectivity index (χ2n) is 4.49. The molecule has 0 saturated heterocycles. The van der Waals surface area contributed by atoms with Crippen molar-refractivity contribution in [2.45, 2.75) is 18.0 Å². The average molecular weight is 333 g/mol. The molecule has 1 aromatic heterocycles. The highest BCUT2D eigenvalue weighted by molar-refractivity contribution is 7.91. The van der Waals surface area contributed by atoms with E-state index in [9.17, 15) is 26.0 Å². The first-order valence-electron chi connectivity index (χ1n) is 6.21. The van der Waals surface area contributed by atoms with Gasteiger partial charge in [-0.3, -0.25) is 0 Å². The number of rotatable bonds is 3. The van der Waals surface area contributed by atoms with Gasteiger partial charge in [-0.2, -0.15) is 17.6 Å². The molecular weight excluding hydrogens is 322 g/mol. The van der Waals surface area contributed by atoms with Crippen molar-refractivity contribution in [1.82, 2.24) is 4.98 Å². The zero-order valence-corrected chi connectivity index (χ0v) is 12.2. The molecule has 0 saturated carbocycles. The van der Waals surface area contributed by atoms with Gasteiger partial charge < -0.3 is 0 Å². The molecule has 8 heteroatoms. The summed E-state index contributed by atoms with van der Waals surface area (Å²) in [4.78, 5) is 2.81. The van der Waals surface area contributed by atoms with Crippen LogP contribution in [0, 0.1) is 5.95 Å². The van der Waals surface area contributed by atoms with Crippen LogP contribution in [0.5, 0.6) is 0 Å². The molecule has 0 aliphatic heterocycles. The van der Waals surface area contributed by atoms with E-state index in [1.165, 1.54) is 19.1 Å². The summed E-state index contributed by atoms with van der Waals surface area (Å²) in [7, 11) is -3.81. The lowest BCUT2D eigenvalue weighted by Crippen LogP contribution is -2.08. The van der Waals surface area contributed by atoms with Crippen molar-refractivity contribution in [1.29, 1.82) is 0 Å². The van der Waals surface area contributed by atoms with Crippen LogP contribution in [0.4, 0.5) is 17.6 Å². The summed E-state index contributed by atoms with van der Waals surface area (Å²) in [5.74, 6) is -1.43. The Morgan fingerprint density at radius 1 is 1.09 bits per heavy atom. The van der Waals surface area contributed by atoms with Crippen molar-refractivity contribution in [3.05, 3.63) is 48.0 Å². The summed E-state index contributed by atoms with van der Waals surface area (Å²) in [6.07, 6.45) is -3.39. The Labute approximate surface area is 124 Å². The van der Waals surface area contributed by atoms with Gasteiger partial charge in [0.2, 0.25) is 5.95 Å². The van der Waals surface area contributed by atoms with Gasteiger partial charge in [-0.05, 0) is 23.8 Å². The molecule has 2 aromatic rings. The molecule has 0 aliphatic carbocycles. The predicted molar refractivity (Wildman–Crippen MR) is 72.4 cm³/mol. The number of benzene rings is 1. The van der Waals surface area contributed by atoms with E-state index in [4.69, 9.17) is 0 Å². The summed E-state index contributed by atoms with van der Waals surface area (Å²) in [5.41, 5.74) is -0.289. The first-order valence-corrected chi connectivity index (χ1v) is 7.86. The molecule has 118 valence electrons. The van der Waals surface area contributed by atoms with Crippen LogP contribution in [-0.4, -0.2) is 19.2 Å². The van der Waals surface area contributed by atoms with E-state index in [0.29, 0.717) is 5.56 Å². The first kappa shape index (κ1) is 16.4. The van der Waals surface area contributed by atoms with Gasteiger partial charge in [0.25, 0.3) is 0 Å². The van der Waals surface area contributed by atoms with E-state index in [1.54, 1.807) is 0 Å². The Morgan fingerprint density at radius 3 is 2.18 bits per heavy atom. The minimum Gasteiger partial charge on any atom is -0.227 e. The van der Waals surface area contributed by atoms with Crippen molar-refractivity contribution >= 4 is 9.84 Å². The lowest BCUT2D eigenvalue weighted by atomic mass is 10.1. The van der Waals surface area contributed by atoms with Crippen molar-refractivity contribution < 1.29 is 26.0 Å². The molecule has 2 rings (SSSR count). The normalized spacial score (nSPS) is 12.4. The van der Waals surface area contributed by atoms with Crippen LogP contribution in [0.3, 0.4) is 0 Å². The third kappa shape index (κ3) is 3.27. The molecule has 0 aliphatic rings. The predicted octanol–water partition coefficient (Wildman–Crippen LogP) is 3.70. The molecular formula is C14H11F4NO2S. The monoisotopic (exact) mass is 333 g/mol. The van der Waals surface area contributed by atoms with Crippen molar-refractivity contribution in [3.63, 3.8) is 0 Å². The van der Waals surface area contributed by atoms with Crippen LogP contribution in [-0.2, 0) is 16.0 Å². The molecule has 0 unspecified atom stereocenters. The SMILES string of the molecule is CCS(=O)(=O)c1cc(-c2ccc(C(F)(F)F)cc2)cnc1F. The first-order chi connectivity index (χ1) is 10.1. The maximum Gasteiger partial charge on any atom is 0.416 e.